The number of amides is 1. The summed E-state index contributed by atoms with van der Waals surface area (Å²) in [5, 5.41) is 10.5. The van der Waals surface area contributed by atoms with E-state index in [1.807, 2.05) is 24.3 Å². The second-order valence-corrected chi connectivity index (χ2v) is 8.34. The van der Waals surface area contributed by atoms with Crippen LogP contribution in [0.4, 0.5) is 0 Å². The molecule has 0 atom stereocenters. The Morgan fingerprint density at radius 3 is 2.62 bits per heavy atom. The summed E-state index contributed by atoms with van der Waals surface area (Å²) in [6.07, 6.45) is 0. The van der Waals surface area contributed by atoms with Crippen molar-refractivity contribution in [2.24, 2.45) is 5.73 Å². The van der Waals surface area contributed by atoms with Gasteiger partial charge in [-0.2, -0.15) is 0 Å². The molecule has 0 unspecified atom stereocenters. The number of benzene rings is 2. The Morgan fingerprint density at radius 2 is 1.83 bits per heavy atom. The standard InChI is InChI=1S/C16H15N3O2S3/c17-14(20)10-23-16-19-18-15(24-16)22-8-7-21-13-6-5-11-3-1-2-4-12(11)9-13/h1-6,9H,7-8,10H2,(H2,17,20). The molecule has 3 rings (SSSR count). The van der Waals surface area contributed by atoms with Gasteiger partial charge in [0.25, 0.3) is 0 Å². The highest BCUT2D eigenvalue weighted by molar-refractivity contribution is 8.03. The second-order valence-electron chi connectivity index (χ2n) is 4.79. The third-order valence-electron chi connectivity index (χ3n) is 3.02. The Bertz CT molecular complexity index is 838. The predicted molar refractivity (Wildman–Crippen MR) is 100.0 cm³/mol. The summed E-state index contributed by atoms with van der Waals surface area (Å²) in [6.45, 7) is 0.590. The van der Waals surface area contributed by atoms with Gasteiger partial charge >= 0.3 is 0 Å². The summed E-state index contributed by atoms with van der Waals surface area (Å²) >= 11 is 4.36. The van der Waals surface area contributed by atoms with Gasteiger partial charge in [0.1, 0.15) is 5.75 Å². The summed E-state index contributed by atoms with van der Waals surface area (Å²) in [6, 6.07) is 14.3. The highest BCUT2D eigenvalue weighted by atomic mass is 32.2. The molecule has 3 aromatic rings. The van der Waals surface area contributed by atoms with E-state index in [0.717, 1.165) is 20.2 Å². The number of primary amides is 1. The highest BCUT2D eigenvalue weighted by Crippen LogP contribution is 2.28. The van der Waals surface area contributed by atoms with Gasteiger partial charge in [-0.1, -0.05) is 65.2 Å². The maximum atomic E-state index is 10.7. The van der Waals surface area contributed by atoms with Gasteiger partial charge in [0.15, 0.2) is 8.68 Å². The molecule has 8 heteroatoms. The molecule has 24 heavy (non-hydrogen) atoms. The maximum Gasteiger partial charge on any atom is 0.227 e. The number of hydrogen-bond donors (Lipinski definition) is 1. The lowest BCUT2D eigenvalue weighted by molar-refractivity contribution is -0.115. The van der Waals surface area contributed by atoms with E-state index in [-0.39, 0.29) is 11.7 Å². The minimum absolute atomic E-state index is 0.227. The van der Waals surface area contributed by atoms with E-state index in [1.54, 1.807) is 11.8 Å². The number of rotatable bonds is 8. The number of aromatic nitrogens is 2. The molecular weight excluding hydrogens is 362 g/mol. The van der Waals surface area contributed by atoms with E-state index in [0.29, 0.717) is 6.61 Å². The lowest BCUT2D eigenvalue weighted by Crippen LogP contribution is -2.12. The van der Waals surface area contributed by atoms with Gasteiger partial charge in [0.05, 0.1) is 12.4 Å². The van der Waals surface area contributed by atoms with Crippen LogP contribution in [0.2, 0.25) is 0 Å². The number of nitrogens with zero attached hydrogens (tertiary/aromatic N) is 2. The van der Waals surface area contributed by atoms with Crippen LogP contribution in [0.25, 0.3) is 10.8 Å². The summed E-state index contributed by atoms with van der Waals surface area (Å²) in [7, 11) is 0. The summed E-state index contributed by atoms with van der Waals surface area (Å²) in [5.74, 6) is 1.52. The van der Waals surface area contributed by atoms with Crippen molar-refractivity contribution in [2.75, 3.05) is 18.1 Å². The molecule has 0 aliphatic rings. The first-order valence-electron chi connectivity index (χ1n) is 7.20. The van der Waals surface area contributed by atoms with Gasteiger partial charge in [-0.25, -0.2) is 0 Å². The molecule has 0 aliphatic carbocycles. The normalized spacial score (nSPS) is 10.8. The van der Waals surface area contributed by atoms with Crippen LogP contribution in [0, 0.1) is 0 Å². The highest BCUT2D eigenvalue weighted by Gasteiger charge is 2.07. The predicted octanol–water partition coefficient (Wildman–Crippen LogP) is 3.44. The number of hydrogen-bond acceptors (Lipinski definition) is 7. The van der Waals surface area contributed by atoms with Crippen molar-refractivity contribution in [3.8, 4) is 5.75 Å². The number of ether oxygens (including phenoxy) is 1. The van der Waals surface area contributed by atoms with Gasteiger partial charge in [0, 0.05) is 5.75 Å². The summed E-state index contributed by atoms with van der Waals surface area (Å²) < 4.78 is 7.41. The molecule has 0 bridgehead atoms. The molecule has 0 fully saturated rings. The van der Waals surface area contributed by atoms with E-state index < -0.39 is 0 Å². The SMILES string of the molecule is NC(=O)CSc1nnc(SCCOc2ccc3ccccc3c2)s1. The van der Waals surface area contributed by atoms with Crippen LogP contribution in [0.1, 0.15) is 0 Å². The van der Waals surface area contributed by atoms with E-state index in [4.69, 9.17) is 10.5 Å². The zero-order chi connectivity index (χ0) is 16.8. The van der Waals surface area contributed by atoms with Gasteiger partial charge < -0.3 is 10.5 Å². The van der Waals surface area contributed by atoms with Crippen molar-refractivity contribution in [1.82, 2.24) is 10.2 Å². The number of carbonyl (C=O) groups is 1. The number of carbonyl (C=O) groups excluding carboxylic acids is 1. The van der Waals surface area contributed by atoms with Crippen LogP contribution in [0.15, 0.2) is 51.1 Å². The molecule has 0 aliphatic heterocycles. The molecular formula is C16H15N3O2S3. The van der Waals surface area contributed by atoms with Crippen molar-refractivity contribution in [3.05, 3.63) is 42.5 Å². The molecule has 1 amide bonds. The Hall–Kier alpha value is -1.77. The first-order valence-corrected chi connectivity index (χ1v) is 9.98. The maximum absolute atomic E-state index is 10.7. The Kier molecular flexibility index (Phi) is 5.95. The quantitative estimate of drug-likeness (QED) is 0.479. The van der Waals surface area contributed by atoms with Crippen LogP contribution < -0.4 is 10.5 Å². The van der Waals surface area contributed by atoms with Crippen molar-refractivity contribution < 1.29 is 9.53 Å². The largest absolute Gasteiger partial charge is 0.493 e. The average molecular weight is 378 g/mol. The topological polar surface area (TPSA) is 78.1 Å². The second kappa shape index (κ2) is 8.36. The molecule has 124 valence electrons. The van der Waals surface area contributed by atoms with Crippen molar-refractivity contribution in [3.63, 3.8) is 0 Å². The average Bonchev–Trinajstić information content (AvgIpc) is 3.05. The van der Waals surface area contributed by atoms with E-state index >= 15 is 0 Å². The lowest BCUT2D eigenvalue weighted by atomic mass is 10.1. The molecule has 5 nitrogen and oxygen atoms in total. The minimum Gasteiger partial charge on any atom is -0.493 e. The molecule has 1 heterocycles. The van der Waals surface area contributed by atoms with E-state index in [9.17, 15) is 4.79 Å². The number of thioether (sulfide) groups is 2. The third kappa shape index (κ3) is 4.86. The fraction of sp³-hybridized carbons (Fsp3) is 0.188. The molecule has 2 N–H and O–H groups in total. The molecule has 0 saturated heterocycles. The van der Waals surface area contributed by atoms with Gasteiger partial charge in [-0.15, -0.1) is 10.2 Å². The monoisotopic (exact) mass is 377 g/mol. The van der Waals surface area contributed by atoms with Crippen LogP contribution in [0.3, 0.4) is 0 Å². The van der Waals surface area contributed by atoms with Crippen LogP contribution in [0.5, 0.6) is 5.75 Å². The smallest absolute Gasteiger partial charge is 0.227 e. The van der Waals surface area contributed by atoms with Gasteiger partial charge in [-0.05, 0) is 22.9 Å². The minimum atomic E-state index is -0.354. The van der Waals surface area contributed by atoms with Crippen LogP contribution in [-0.2, 0) is 4.79 Å². The van der Waals surface area contributed by atoms with Gasteiger partial charge in [-0.3, -0.25) is 4.79 Å². The number of nitrogens with two attached hydrogens (primary N) is 1. The summed E-state index contributed by atoms with van der Waals surface area (Å²) in [4.78, 5) is 10.7. The third-order valence-corrected chi connectivity index (χ3v) is 6.20. The Morgan fingerprint density at radius 1 is 1.08 bits per heavy atom. The van der Waals surface area contributed by atoms with Crippen molar-refractivity contribution in [1.29, 1.82) is 0 Å². The molecule has 0 saturated carbocycles. The Balaban J connectivity index is 1.45. The fourth-order valence-electron chi connectivity index (χ4n) is 1.99. The zero-order valence-corrected chi connectivity index (χ0v) is 15.1. The van der Waals surface area contributed by atoms with Crippen LogP contribution >= 0.6 is 34.9 Å². The zero-order valence-electron chi connectivity index (χ0n) is 12.7. The van der Waals surface area contributed by atoms with Crippen LogP contribution in [-0.4, -0.2) is 34.2 Å². The first kappa shape index (κ1) is 17.1. The van der Waals surface area contributed by atoms with E-state index in [1.165, 1.54) is 33.9 Å². The van der Waals surface area contributed by atoms with E-state index in [2.05, 4.69) is 28.4 Å². The van der Waals surface area contributed by atoms with Crippen molar-refractivity contribution >= 4 is 51.5 Å². The Labute approximate surface area is 152 Å². The molecule has 0 radical (unpaired) electrons. The first-order chi connectivity index (χ1) is 11.7. The lowest BCUT2D eigenvalue weighted by Gasteiger charge is -2.06. The summed E-state index contributed by atoms with van der Waals surface area (Å²) in [5.41, 5.74) is 5.11. The van der Waals surface area contributed by atoms with Gasteiger partial charge in [0.2, 0.25) is 5.91 Å². The molecule has 1 aromatic heterocycles. The van der Waals surface area contributed by atoms with Crippen molar-refractivity contribution in [2.45, 2.75) is 8.68 Å². The molecule has 0 spiro atoms. The molecule has 2 aromatic carbocycles. The number of fused-ring (bicyclic) bond motifs is 1. The fourth-order valence-corrected chi connectivity index (χ4v) is 4.64.